The molecule has 1 aliphatic heterocycles. The number of carbonyl (C=O) groups is 4. The Balaban J connectivity index is 1.54. The predicted molar refractivity (Wildman–Crippen MR) is 132 cm³/mol. The molecule has 2 aromatic rings. The van der Waals surface area contributed by atoms with Gasteiger partial charge in [-0.15, -0.1) is 0 Å². The number of hydrogen-bond donors (Lipinski definition) is 6. The first-order chi connectivity index (χ1) is 17.2. The van der Waals surface area contributed by atoms with E-state index in [1.54, 1.807) is 36.4 Å². The van der Waals surface area contributed by atoms with E-state index in [0.29, 0.717) is 12.2 Å². The molecule has 0 radical (unpaired) electrons. The first kappa shape index (κ1) is 26.8. The van der Waals surface area contributed by atoms with E-state index >= 15 is 0 Å². The van der Waals surface area contributed by atoms with Gasteiger partial charge in [0, 0.05) is 37.3 Å². The van der Waals surface area contributed by atoms with Crippen molar-refractivity contribution in [1.29, 1.82) is 0 Å². The molecule has 4 amide bonds. The van der Waals surface area contributed by atoms with Crippen molar-refractivity contribution >= 4 is 29.3 Å². The molecule has 36 heavy (non-hydrogen) atoms. The van der Waals surface area contributed by atoms with Crippen LogP contribution in [0.15, 0.2) is 48.5 Å². The fourth-order valence-electron chi connectivity index (χ4n) is 4.04. The van der Waals surface area contributed by atoms with Crippen molar-refractivity contribution in [2.24, 2.45) is 0 Å². The van der Waals surface area contributed by atoms with E-state index in [1.165, 1.54) is 19.3 Å². The molecular weight excluding hydrogens is 466 g/mol. The SMILES string of the molecule is CC(=O)N[C@@H]1CCN(CC(=O)Nc2ccc(-c3ccc(C(=O)N[C@H](C(=O)NO)[C@@H](C)O)cc3)cc2)C1. The quantitative estimate of drug-likeness (QED) is 0.217. The Hall–Kier alpha value is -3.80. The maximum absolute atomic E-state index is 12.4. The van der Waals surface area contributed by atoms with Crippen LogP contribution in [0, 0.1) is 0 Å². The number of nitrogens with one attached hydrogen (secondary N) is 4. The van der Waals surface area contributed by atoms with Gasteiger partial charge in [0.15, 0.2) is 0 Å². The summed E-state index contributed by atoms with van der Waals surface area (Å²) in [6.45, 7) is 4.45. The van der Waals surface area contributed by atoms with Crippen LogP contribution < -0.4 is 21.4 Å². The van der Waals surface area contributed by atoms with E-state index < -0.39 is 24.0 Å². The molecule has 11 heteroatoms. The molecule has 0 spiro atoms. The summed E-state index contributed by atoms with van der Waals surface area (Å²) < 4.78 is 0. The number of benzene rings is 2. The lowest BCUT2D eigenvalue weighted by Crippen LogP contribution is -2.51. The Bertz CT molecular complexity index is 1090. The summed E-state index contributed by atoms with van der Waals surface area (Å²) in [4.78, 5) is 49.6. The number of amides is 4. The molecule has 0 aliphatic carbocycles. The van der Waals surface area contributed by atoms with Gasteiger partial charge in [0.05, 0.1) is 12.6 Å². The van der Waals surface area contributed by atoms with Crippen LogP contribution in [0.2, 0.25) is 0 Å². The highest BCUT2D eigenvalue weighted by atomic mass is 16.5. The lowest BCUT2D eigenvalue weighted by atomic mass is 10.0. The third-order valence-corrected chi connectivity index (χ3v) is 5.86. The number of rotatable bonds is 9. The molecular formula is C25H31N5O6. The Morgan fingerprint density at radius 3 is 2.19 bits per heavy atom. The first-order valence-corrected chi connectivity index (χ1v) is 11.6. The number of likely N-dealkylation sites (tertiary alicyclic amines) is 1. The summed E-state index contributed by atoms with van der Waals surface area (Å²) in [5.41, 5.74) is 4.07. The monoisotopic (exact) mass is 497 g/mol. The van der Waals surface area contributed by atoms with Gasteiger partial charge in [-0.1, -0.05) is 24.3 Å². The standard InChI is InChI=1S/C25H31N5O6/c1-15(31)23(25(35)29-36)28-24(34)19-5-3-17(4-6-19)18-7-9-20(10-8-18)27-22(33)14-30-12-11-21(13-30)26-16(2)32/h3-10,15,21,23,31,36H,11-14H2,1-2H3,(H,26,32)(H,27,33)(H,28,34)(H,29,35)/t15-,21-,23+/m1/s1. The van der Waals surface area contributed by atoms with E-state index in [0.717, 1.165) is 24.1 Å². The Labute approximate surface area is 208 Å². The normalized spacial score (nSPS) is 17.1. The van der Waals surface area contributed by atoms with Crippen LogP contribution in [-0.4, -0.2) is 76.7 Å². The minimum atomic E-state index is -1.30. The molecule has 0 saturated carbocycles. The fourth-order valence-corrected chi connectivity index (χ4v) is 4.04. The van der Waals surface area contributed by atoms with Crippen LogP contribution in [0.4, 0.5) is 5.69 Å². The van der Waals surface area contributed by atoms with Crippen molar-refractivity contribution in [2.75, 3.05) is 25.0 Å². The third kappa shape index (κ3) is 7.35. The smallest absolute Gasteiger partial charge is 0.268 e. The highest BCUT2D eigenvalue weighted by Crippen LogP contribution is 2.22. The molecule has 3 rings (SSSR count). The van der Waals surface area contributed by atoms with Crippen molar-refractivity contribution in [3.63, 3.8) is 0 Å². The highest BCUT2D eigenvalue weighted by molar-refractivity contribution is 5.98. The van der Waals surface area contributed by atoms with Gasteiger partial charge in [0.2, 0.25) is 11.8 Å². The molecule has 1 saturated heterocycles. The van der Waals surface area contributed by atoms with Gasteiger partial charge < -0.3 is 21.1 Å². The summed E-state index contributed by atoms with van der Waals surface area (Å²) in [5, 5.41) is 26.6. The van der Waals surface area contributed by atoms with Crippen molar-refractivity contribution in [2.45, 2.75) is 38.5 Å². The molecule has 0 bridgehead atoms. The average Bonchev–Trinajstić information content (AvgIpc) is 3.27. The molecule has 1 aliphatic rings. The zero-order valence-electron chi connectivity index (χ0n) is 20.2. The van der Waals surface area contributed by atoms with Crippen molar-refractivity contribution < 1.29 is 29.5 Å². The Morgan fingerprint density at radius 1 is 1.03 bits per heavy atom. The molecule has 2 aromatic carbocycles. The predicted octanol–water partition coefficient (Wildman–Crippen LogP) is 0.487. The van der Waals surface area contributed by atoms with Gasteiger partial charge in [-0.05, 0) is 48.7 Å². The van der Waals surface area contributed by atoms with E-state index in [9.17, 15) is 24.3 Å². The Morgan fingerprint density at radius 2 is 1.64 bits per heavy atom. The molecule has 192 valence electrons. The number of aliphatic hydroxyl groups excluding tert-OH is 1. The van der Waals surface area contributed by atoms with Crippen LogP contribution in [-0.2, 0) is 14.4 Å². The first-order valence-electron chi connectivity index (χ1n) is 11.6. The van der Waals surface area contributed by atoms with Crippen molar-refractivity contribution in [1.82, 2.24) is 21.0 Å². The maximum Gasteiger partial charge on any atom is 0.268 e. The lowest BCUT2D eigenvalue weighted by molar-refractivity contribution is -0.133. The minimum Gasteiger partial charge on any atom is -0.391 e. The van der Waals surface area contributed by atoms with E-state index in [4.69, 9.17) is 5.21 Å². The number of carbonyl (C=O) groups excluding carboxylic acids is 4. The summed E-state index contributed by atoms with van der Waals surface area (Å²) in [6.07, 6.45) is -0.378. The molecule has 1 fully saturated rings. The van der Waals surface area contributed by atoms with Gasteiger partial charge in [-0.2, -0.15) is 0 Å². The van der Waals surface area contributed by atoms with Gasteiger partial charge in [0.1, 0.15) is 6.04 Å². The third-order valence-electron chi connectivity index (χ3n) is 5.86. The Kier molecular flexibility index (Phi) is 9.12. The molecule has 11 nitrogen and oxygen atoms in total. The van der Waals surface area contributed by atoms with Crippen LogP contribution in [0.5, 0.6) is 0 Å². The van der Waals surface area contributed by atoms with Crippen molar-refractivity contribution in [3.8, 4) is 11.1 Å². The summed E-state index contributed by atoms with van der Waals surface area (Å²) in [6, 6.07) is 12.7. The lowest BCUT2D eigenvalue weighted by Gasteiger charge is -2.19. The number of nitrogens with zero attached hydrogens (tertiary/aromatic N) is 1. The van der Waals surface area contributed by atoms with Gasteiger partial charge in [0.25, 0.3) is 11.8 Å². The topological polar surface area (TPSA) is 160 Å². The highest BCUT2D eigenvalue weighted by Gasteiger charge is 2.26. The number of hydrogen-bond acceptors (Lipinski definition) is 7. The molecule has 3 atom stereocenters. The fraction of sp³-hybridized carbons (Fsp3) is 0.360. The second-order valence-corrected chi connectivity index (χ2v) is 8.79. The molecule has 6 N–H and O–H groups in total. The van der Waals surface area contributed by atoms with Crippen LogP contribution in [0.25, 0.3) is 11.1 Å². The molecule has 0 aromatic heterocycles. The second-order valence-electron chi connectivity index (χ2n) is 8.79. The van der Waals surface area contributed by atoms with E-state index in [1.807, 2.05) is 17.0 Å². The van der Waals surface area contributed by atoms with Gasteiger partial charge >= 0.3 is 0 Å². The zero-order valence-corrected chi connectivity index (χ0v) is 20.2. The number of aliphatic hydroxyl groups is 1. The largest absolute Gasteiger partial charge is 0.391 e. The van der Waals surface area contributed by atoms with Gasteiger partial charge in [-0.3, -0.25) is 29.3 Å². The number of anilines is 1. The number of hydroxylamine groups is 1. The summed E-state index contributed by atoms with van der Waals surface area (Å²) in [7, 11) is 0. The second kappa shape index (κ2) is 12.2. The summed E-state index contributed by atoms with van der Waals surface area (Å²) in [5.74, 6) is -1.69. The maximum atomic E-state index is 12.4. The molecule has 1 heterocycles. The zero-order chi connectivity index (χ0) is 26.2. The van der Waals surface area contributed by atoms with Crippen LogP contribution in [0.3, 0.4) is 0 Å². The minimum absolute atomic E-state index is 0.0682. The van der Waals surface area contributed by atoms with Gasteiger partial charge in [-0.25, -0.2) is 5.48 Å². The van der Waals surface area contributed by atoms with Crippen LogP contribution >= 0.6 is 0 Å². The molecule has 0 unspecified atom stereocenters. The van der Waals surface area contributed by atoms with E-state index in [-0.39, 0.29) is 30.0 Å². The average molecular weight is 498 g/mol. The van der Waals surface area contributed by atoms with Crippen LogP contribution in [0.1, 0.15) is 30.6 Å². The van der Waals surface area contributed by atoms with E-state index in [2.05, 4.69) is 16.0 Å². The van der Waals surface area contributed by atoms with Crippen molar-refractivity contribution in [3.05, 3.63) is 54.1 Å². The summed E-state index contributed by atoms with van der Waals surface area (Å²) >= 11 is 0.